The number of hydrogen-bond donors (Lipinski definition) is 2. The van der Waals surface area contributed by atoms with E-state index in [0.29, 0.717) is 12.0 Å². The lowest BCUT2D eigenvalue weighted by molar-refractivity contribution is 0.187. The van der Waals surface area contributed by atoms with Crippen LogP contribution in [0, 0.1) is 17.8 Å². The van der Waals surface area contributed by atoms with Crippen LogP contribution in [0.1, 0.15) is 51.7 Å². The molecule has 2 N–H and O–H groups in total. The topological polar surface area (TPSA) is 58.8 Å². The van der Waals surface area contributed by atoms with Crippen LogP contribution in [0.25, 0.3) is 0 Å². The highest BCUT2D eigenvalue weighted by molar-refractivity contribution is 5.80. The molecule has 1 aliphatic carbocycles. The van der Waals surface area contributed by atoms with Gasteiger partial charge in [-0.2, -0.15) is 0 Å². The fraction of sp³-hybridized carbons (Fsp3) is 0.762. The summed E-state index contributed by atoms with van der Waals surface area (Å²) >= 11 is 0. The Labute approximate surface area is 158 Å². The molecule has 1 saturated heterocycles. The number of nitrogens with one attached hydrogen (secondary N) is 2. The Bertz CT molecular complexity index is 527. The zero-order chi connectivity index (χ0) is 18.2. The van der Waals surface area contributed by atoms with Crippen molar-refractivity contribution in [2.45, 2.75) is 58.4 Å². The van der Waals surface area contributed by atoms with E-state index >= 15 is 0 Å². The van der Waals surface area contributed by atoms with E-state index in [1.54, 1.807) is 6.26 Å². The van der Waals surface area contributed by atoms with Crippen molar-refractivity contribution in [3.63, 3.8) is 0 Å². The van der Waals surface area contributed by atoms with Gasteiger partial charge in [-0.05, 0) is 56.1 Å². The molecule has 1 atom stereocenters. The Morgan fingerprint density at radius 1 is 1.23 bits per heavy atom. The van der Waals surface area contributed by atoms with Crippen molar-refractivity contribution < 1.29 is 9.15 Å². The molecular weight excluding hydrogens is 326 g/mol. The van der Waals surface area contributed by atoms with Gasteiger partial charge >= 0.3 is 0 Å². The van der Waals surface area contributed by atoms with Crippen molar-refractivity contribution in [2.24, 2.45) is 22.7 Å². The monoisotopic (exact) mass is 361 g/mol. The fourth-order valence-electron chi connectivity index (χ4n) is 3.98. The molecule has 2 heterocycles. The third kappa shape index (κ3) is 6.04. The van der Waals surface area contributed by atoms with Gasteiger partial charge in [0.1, 0.15) is 5.76 Å². The summed E-state index contributed by atoms with van der Waals surface area (Å²) in [4.78, 5) is 4.86. The van der Waals surface area contributed by atoms with Crippen molar-refractivity contribution in [3.8, 4) is 0 Å². The predicted octanol–water partition coefficient (Wildman–Crippen LogP) is 3.61. The van der Waals surface area contributed by atoms with Crippen molar-refractivity contribution in [1.82, 2.24) is 10.6 Å². The highest BCUT2D eigenvalue weighted by Gasteiger charge is 2.24. The first-order chi connectivity index (χ1) is 12.7. The third-order valence-corrected chi connectivity index (χ3v) is 5.83. The first kappa shape index (κ1) is 19.3. The van der Waals surface area contributed by atoms with Crippen LogP contribution in [0.15, 0.2) is 27.8 Å². The summed E-state index contributed by atoms with van der Waals surface area (Å²) in [6.07, 6.45) is 8.87. The number of nitrogens with zero attached hydrogens (tertiary/aromatic N) is 1. The van der Waals surface area contributed by atoms with E-state index in [2.05, 4.69) is 24.5 Å². The SMILES string of the molecule is CC(C)C1CCC(NC(=NCC2CCOC2)NCCc2ccco2)CC1. The minimum atomic E-state index is 0.541. The molecule has 2 fully saturated rings. The van der Waals surface area contributed by atoms with Gasteiger partial charge in [-0.1, -0.05) is 13.8 Å². The van der Waals surface area contributed by atoms with Crippen LogP contribution in [-0.2, 0) is 11.2 Å². The van der Waals surface area contributed by atoms with Gasteiger partial charge in [0.2, 0.25) is 0 Å². The average molecular weight is 362 g/mol. The van der Waals surface area contributed by atoms with E-state index < -0.39 is 0 Å². The first-order valence-electron chi connectivity index (χ1n) is 10.4. The molecule has 0 amide bonds. The van der Waals surface area contributed by atoms with E-state index in [0.717, 1.165) is 62.7 Å². The lowest BCUT2D eigenvalue weighted by Gasteiger charge is -2.32. The summed E-state index contributed by atoms with van der Waals surface area (Å²) in [5.74, 6) is 4.22. The molecule has 5 heteroatoms. The second kappa shape index (κ2) is 10.0. The molecule has 0 spiro atoms. The third-order valence-electron chi connectivity index (χ3n) is 5.83. The van der Waals surface area contributed by atoms with Crippen molar-refractivity contribution >= 4 is 5.96 Å². The number of ether oxygens (including phenoxy) is 1. The molecule has 1 aromatic rings. The largest absolute Gasteiger partial charge is 0.469 e. The molecule has 1 aliphatic heterocycles. The number of aliphatic imine (C=N–C) groups is 1. The molecule has 1 aromatic heterocycles. The van der Waals surface area contributed by atoms with E-state index in [4.69, 9.17) is 14.1 Å². The van der Waals surface area contributed by atoms with Crippen LogP contribution in [0.4, 0.5) is 0 Å². The molecule has 2 aliphatic rings. The van der Waals surface area contributed by atoms with Gasteiger partial charge in [0.05, 0.1) is 12.9 Å². The van der Waals surface area contributed by atoms with Crippen LogP contribution in [-0.4, -0.2) is 38.3 Å². The molecule has 1 unspecified atom stereocenters. The Hall–Kier alpha value is -1.49. The Morgan fingerprint density at radius 3 is 2.73 bits per heavy atom. The van der Waals surface area contributed by atoms with Crippen LogP contribution >= 0.6 is 0 Å². The normalized spacial score (nSPS) is 27.0. The van der Waals surface area contributed by atoms with Crippen LogP contribution in [0.3, 0.4) is 0 Å². The fourth-order valence-corrected chi connectivity index (χ4v) is 3.98. The zero-order valence-electron chi connectivity index (χ0n) is 16.4. The summed E-state index contributed by atoms with van der Waals surface area (Å²) in [5.41, 5.74) is 0. The average Bonchev–Trinajstić information content (AvgIpc) is 3.34. The maximum absolute atomic E-state index is 5.48. The zero-order valence-corrected chi connectivity index (χ0v) is 16.4. The molecule has 146 valence electrons. The minimum Gasteiger partial charge on any atom is -0.469 e. The van der Waals surface area contributed by atoms with E-state index in [9.17, 15) is 0 Å². The molecule has 26 heavy (non-hydrogen) atoms. The maximum Gasteiger partial charge on any atom is 0.191 e. The highest BCUT2D eigenvalue weighted by atomic mass is 16.5. The predicted molar refractivity (Wildman–Crippen MR) is 105 cm³/mol. The quantitative estimate of drug-likeness (QED) is 0.575. The van der Waals surface area contributed by atoms with Crippen molar-refractivity contribution in [2.75, 3.05) is 26.3 Å². The number of guanidine groups is 1. The molecule has 0 radical (unpaired) electrons. The molecule has 0 aromatic carbocycles. The van der Waals surface area contributed by atoms with Crippen molar-refractivity contribution in [1.29, 1.82) is 0 Å². The second-order valence-corrected chi connectivity index (χ2v) is 8.18. The molecule has 3 rings (SSSR count). The van der Waals surface area contributed by atoms with Crippen LogP contribution < -0.4 is 10.6 Å². The van der Waals surface area contributed by atoms with Crippen LogP contribution in [0.2, 0.25) is 0 Å². The van der Waals surface area contributed by atoms with Gasteiger partial charge < -0.3 is 19.8 Å². The Balaban J connectivity index is 1.49. The van der Waals surface area contributed by atoms with Gasteiger partial charge in [-0.3, -0.25) is 4.99 Å². The first-order valence-corrected chi connectivity index (χ1v) is 10.4. The van der Waals surface area contributed by atoms with E-state index in [1.807, 2.05) is 12.1 Å². The van der Waals surface area contributed by atoms with Gasteiger partial charge in [0, 0.05) is 38.1 Å². The summed E-state index contributed by atoms with van der Waals surface area (Å²) in [6.45, 7) is 8.12. The van der Waals surface area contributed by atoms with Crippen LogP contribution in [0.5, 0.6) is 0 Å². The number of rotatable bonds is 7. The molecule has 1 saturated carbocycles. The smallest absolute Gasteiger partial charge is 0.191 e. The second-order valence-electron chi connectivity index (χ2n) is 8.18. The summed E-state index contributed by atoms with van der Waals surface area (Å²) in [6, 6.07) is 4.50. The standard InChI is InChI=1S/C21H35N3O2/c1-16(2)18-5-7-19(8-6-18)24-21(23-14-17-10-13-25-15-17)22-11-9-20-4-3-12-26-20/h3-4,12,16-19H,5-11,13-15H2,1-2H3,(H2,22,23,24). The number of furan rings is 1. The molecular formula is C21H35N3O2. The van der Waals surface area contributed by atoms with Gasteiger partial charge in [-0.25, -0.2) is 0 Å². The van der Waals surface area contributed by atoms with Gasteiger partial charge in [0.25, 0.3) is 0 Å². The Morgan fingerprint density at radius 2 is 2.08 bits per heavy atom. The molecule has 0 bridgehead atoms. The van der Waals surface area contributed by atoms with Crippen molar-refractivity contribution in [3.05, 3.63) is 24.2 Å². The summed E-state index contributed by atoms with van der Waals surface area (Å²) in [7, 11) is 0. The Kier molecular flexibility index (Phi) is 7.42. The van der Waals surface area contributed by atoms with Gasteiger partial charge in [0.15, 0.2) is 5.96 Å². The summed E-state index contributed by atoms with van der Waals surface area (Å²) < 4.78 is 10.9. The van der Waals surface area contributed by atoms with E-state index in [-0.39, 0.29) is 0 Å². The minimum absolute atomic E-state index is 0.541. The lowest BCUT2D eigenvalue weighted by atomic mass is 9.80. The number of hydrogen-bond acceptors (Lipinski definition) is 3. The lowest BCUT2D eigenvalue weighted by Crippen LogP contribution is -2.46. The molecule has 5 nitrogen and oxygen atoms in total. The van der Waals surface area contributed by atoms with E-state index in [1.165, 1.54) is 25.7 Å². The highest BCUT2D eigenvalue weighted by Crippen LogP contribution is 2.29. The summed E-state index contributed by atoms with van der Waals surface area (Å²) in [5, 5.41) is 7.19. The maximum atomic E-state index is 5.48. The van der Waals surface area contributed by atoms with Gasteiger partial charge in [-0.15, -0.1) is 0 Å².